The molecule has 0 saturated carbocycles. The molecule has 2 N–H and O–H groups in total. The standard InChI is InChI=1S/C21H17FN2O3/c22-16-12-10-15(11-13-16)14-23-20(25)21(26)24-18-8-4-5-9-19(18)27-17-6-2-1-3-7-17/h1-13H,14H2,(H,23,25)(H,24,26). The van der Waals surface area contributed by atoms with E-state index in [-0.39, 0.29) is 12.4 Å². The van der Waals surface area contributed by atoms with Crippen LogP contribution in [0.2, 0.25) is 0 Å². The van der Waals surface area contributed by atoms with Gasteiger partial charge in [-0.05, 0) is 42.0 Å². The van der Waals surface area contributed by atoms with Crippen molar-refractivity contribution >= 4 is 17.5 Å². The lowest BCUT2D eigenvalue weighted by molar-refractivity contribution is -0.136. The zero-order valence-corrected chi connectivity index (χ0v) is 14.3. The van der Waals surface area contributed by atoms with Crippen LogP contribution in [-0.2, 0) is 16.1 Å². The molecule has 3 rings (SSSR count). The number of halogens is 1. The fourth-order valence-electron chi connectivity index (χ4n) is 2.32. The molecular weight excluding hydrogens is 347 g/mol. The van der Waals surface area contributed by atoms with Gasteiger partial charge < -0.3 is 15.4 Å². The summed E-state index contributed by atoms with van der Waals surface area (Å²) in [7, 11) is 0. The van der Waals surface area contributed by atoms with Gasteiger partial charge in [0, 0.05) is 6.54 Å². The predicted molar refractivity (Wildman–Crippen MR) is 99.8 cm³/mol. The van der Waals surface area contributed by atoms with Gasteiger partial charge >= 0.3 is 11.8 Å². The van der Waals surface area contributed by atoms with Crippen molar-refractivity contribution in [1.82, 2.24) is 5.32 Å². The lowest BCUT2D eigenvalue weighted by Gasteiger charge is -2.12. The largest absolute Gasteiger partial charge is 0.455 e. The summed E-state index contributed by atoms with van der Waals surface area (Å²) in [6.45, 7) is 0.120. The number of para-hydroxylation sites is 3. The number of hydrogen-bond donors (Lipinski definition) is 2. The van der Waals surface area contributed by atoms with Crippen molar-refractivity contribution in [2.45, 2.75) is 6.54 Å². The van der Waals surface area contributed by atoms with Crippen molar-refractivity contribution in [2.24, 2.45) is 0 Å². The first-order valence-electron chi connectivity index (χ1n) is 8.27. The quantitative estimate of drug-likeness (QED) is 0.676. The molecule has 6 heteroatoms. The summed E-state index contributed by atoms with van der Waals surface area (Å²) in [4.78, 5) is 24.2. The van der Waals surface area contributed by atoms with E-state index in [1.807, 2.05) is 18.2 Å². The maximum atomic E-state index is 12.9. The highest BCUT2D eigenvalue weighted by atomic mass is 19.1. The Hall–Kier alpha value is -3.67. The van der Waals surface area contributed by atoms with E-state index in [1.54, 1.807) is 36.4 Å². The van der Waals surface area contributed by atoms with Crippen molar-refractivity contribution in [1.29, 1.82) is 0 Å². The van der Waals surface area contributed by atoms with Crippen LogP contribution in [0.15, 0.2) is 78.9 Å². The minimum atomic E-state index is -0.818. The molecule has 0 aliphatic rings. The Balaban J connectivity index is 1.61. The number of hydrogen-bond acceptors (Lipinski definition) is 3. The van der Waals surface area contributed by atoms with Crippen LogP contribution in [0.25, 0.3) is 0 Å². The van der Waals surface area contributed by atoms with Crippen molar-refractivity contribution in [3.8, 4) is 11.5 Å². The molecule has 3 aromatic carbocycles. The number of anilines is 1. The third-order valence-electron chi connectivity index (χ3n) is 3.68. The molecule has 0 aliphatic heterocycles. The highest BCUT2D eigenvalue weighted by Gasteiger charge is 2.15. The van der Waals surface area contributed by atoms with E-state index in [9.17, 15) is 14.0 Å². The molecule has 136 valence electrons. The van der Waals surface area contributed by atoms with E-state index in [4.69, 9.17) is 4.74 Å². The van der Waals surface area contributed by atoms with E-state index in [0.717, 1.165) is 0 Å². The second kappa shape index (κ2) is 8.62. The molecular formula is C21H17FN2O3. The Morgan fingerprint density at radius 1 is 0.815 bits per heavy atom. The summed E-state index contributed by atoms with van der Waals surface area (Å²) < 4.78 is 18.6. The lowest BCUT2D eigenvalue weighted by Crippen LogP contribution is -2.35. The first-order valence-corrected chi connectivity index (χ1v) is 8.27. The molecule has 0 saturated heterocycles. The van der Waals surface area contributed by atoms with E-state index in [2.05, 4.69) is 10.6 Å². The number of amides is 2. The number of benzene rings is 3. The number of carbonyl (C=O) groups is 2. The average Bonchev–Trinajstić information content (AvgIpc) is 2.69. The number of ether oxygens (including phenoxy) is 1. The molecule has 0 aliphatic carbocycles. The molecule has 27 heavy (non-hydrogen) atoms. The Morgan fingerprint density at radius 2 is 1.48 bits per heavy atom. The van der Waals surface area contributed by atoms with Crippen LogP contribution in [0.3, 0.4) is 0 Å². The van der Waals surface area contributed by atoms with E-state index >= 15 is 0 Å². The second-order valence-electron chi connectivity index (χ2n) is 5.67. The van der Waals surface area contributed by atoms with Crippen molar-refractivity contribution in [3.63, 3.8) is 0 Å². The summed E-state index contributed by atoms with van der Waals surface area (Å²) in [5.74, 6) is -0.948. The summed E-state index contributed by atoms with van der Waals surface area (Å²) in [6, 6.07) is 21.6. The average molecular weight is 364 g/mol. The molecule has 0 atom stereocenters. The Morgan fingerprint density at radius 3 is 2.22 bits per heavy atom. The van der Waals surface area contributed by atoms with Crippen LogP contribution < -0.4 is 15.4 Å². The summed E-state index contributed by atoms with van der Waals surface area (Å²) in [5, 5.41) is 5.03. The highest BCUT2D eigenvalue weighted by molar-refractivity contribution is 6.39. The molecule has 0 radical (unpaired) electrons. The molecule has 0 spiro atoms. The first kappa shape index (κ1) is 18.1. The van der Waals surface area contributed by atoms with E-state index < -0.39 is 11.8 Å². The highest BCUT2D eigenvalue weighted by Crippen LogP contribution is 2.28. The maximum absolute atomic E-state index is 12.9. The maximum Gasteiger partial charge on any atom is 0.313 e. The summed E-state index contributed by atoms with van der Waals surface area (Å²) >= 11 is 0. The van der Waals surface area contributed by atoms with Gasteiger partial charge in [-0.15, -0.1) is 0 Å². The van der Waals surface area contributed by atoms with Crippen LogP contribution in [0.4, 0.5) is 10.1 Å². The van der Waals surface area contributed by atoms with E-state index in [0.29, 0.717) is 22.7 Å². The Labute approximate surface area is 155 Å². The molecule has 0 bridgehead atoms. The smallest absolute Gasteiger partial charge is 0.313 e. The van der Waals surface area contributed by atoms with Gasteiger partial charge in [-0.2, -0.15) is 0 Å². The molecule has 3 aromatic rings. The SMILES string of the molecule is O=C(NCc1ccc(F)cc1)C(=O)Nc1ccccc1Oc1ccccc1. The topological polar surface area (TPSA) is 67.4 Å². The fourth-order valence-corrected chi connectivity index (χ4v) is 2.32. The van der Waals surface area contributed by atoms with Gasteiger partial charge in [0.25, 0.3) is 0 Å². The number of rotatable bonds is 5. The third kappa shape index (κ3) is 5.15. The van der Waals surface area contributed by atoms with Crippen LogP contribution >= 0.6 is 0 Å². The number of nitrogens with one attached hydrogen (secondary N) is 2. The second-order valence-corrected chi connectivity index (χ2v) is 5.67. The lowest BCUT2D eigenvalue weighted by atomic mass is 10.2. The van der Waals surface area contributed by atoms with Gasteiger partial charge in [-0.3, -0.25) is 9.59 Å². The normalized spacial score (nSPS) is 10.1. The molecule has 5 nitrogen and oxygen atoms in total. The van der Waals surface area contributed by atoms with Crippen LogP contribution in [0.1, 0.15) is 5.56 Å². The van der Waals surface area contributed by atoms with Gasteiger partial charge in [-0.1, -0.05) is 42.5 Å². The van der Waals surface area contributed by atoms with Gasteiger partial charge in [-0.25, -0.2) is 4.39 Å². The Kier molecular flexibility index (Phi) is 5.79. The molecule has 0 aromatic heterocycles. The van der Waals surface area contributed by atoms with E-state index in [1.165, 1.54) is 24.3 Å². The van der Waals surface area contributed by atoms with Crippen LogP contribution in [-0.4, -0.2) is 11.8 Å². The molecule has 2 amide bonds. The fraction of sp³-hybridized carbons (Fsp3) is 0.0476. The molecule has 0 heterocycles. The molecule has 0 unspecified atom stereocenters. The number of carbonyl (C=O) groups excluding carboxylic acids is 2. The van der Waals surface area contributed by atoms with Crippen molar-refractivity contribution in [2.75, 3.05) is 5.32 Å². The predicted octanol–water partition coefficient (Wildman–Crippen LogP) is 3.87. The van der Waals surface area contributed by atoms with Crippen molar-refractivity contribution < 1.29 is 18.7 Å². The third-order valence-corrected chi connectivity index (χ3v) is 3.68. The van der Waals surface area contributed by atoms with Gasteiger partial charge in [0.1, 0.15) is 11.6 Å². The van der Waals surface area contributed by atoms with Gasteiger partial charge in [0.2, 0.25) is 0 Å². The van der Waals surface area contributed by atoms with Gasteiger partial charge in [0.15, 0.2) is 5.75 Å². The van der Waals surface area contributed by atoms with Crippen LogP contribution in [0.5, 0.6) is 11.5 Å². The Bertz CT molecular complexity index is 928. The minimum absolute atomic E-state index is 0.120. The monoisotopic (exact) mass is 364 g/mol. The zero-order valence-electron chi connectivity index (χ0n) is 14.3. The first-order chi connectivity index (χ1) is 13.1. The summed E-state index contributed by atoms with van der Waals surface area (Å²) in [6.07, 6.45) is 0. The van der Waals surface area contributed by atoms with Crippen molar-refractivity contribution in [3.05, 3.63) is 90.2 Å². The van der Waals surface area contributed by atoms with Gasteiger partial charge in [0.05, 0.1) is 5.69 Å². The minimum Gasteiger partial charge on any atom is -0.455 e. The zero-order chi connectivity index (χ0) is 19.1. The molecule has 0 fully saturated rings. The summed E-state index contributed by atoms with van der Waals surface area (Å²) in [5.41, 5.74) is 1.06. The van der Waals surface area contributed by atoms with Crippen LogP contribution in [0, 0.1) is 5.82 Å².